The Morgan fingerprint density at radius 1 is 0.914 bits per heavy atom. The van der Waals surface area contributed by atoms with Crippen molar-refractivity contribution in [2.45, 2.75) is 5.92 Å². The number of hydrogen-bond donors (Lipinski definition) is 2. The summed E-state index contributed by atoms with van der Waals surface area (Å²) >= 11 is 0. The molecule has 174 valence electrons. The van der Waals surface area contributed by atoms with Gasteiger partial charge < -0.3 is 19.8 Å². The first-order chi connectivity index (χ1) is 17.2. The average Bonchev–Trinajstić information content (AvgIpc) is 3.34. The number of carbonyl (C=O) groups is 1. The van der Waals surface area contributed by atoms with Crippen molar-refractivity contribution in [3.05, 3.63) is 120 Å². The van der Waals surface area contributed by atoms with Gasteiger partial charge >= 0.3 is 0 Å². The van der Waals surface area contributed by atoms with Crippen LogP contribution < -0.4 is 14.8 Å². The van der Waals surface area contributed by atoms with Crippen LogP contribution in [0.2, 0.25) is 0 Å². The van der Waals surface area contributed by atoms with Crippen LogP contribution in [0.5, 0.6) is 17.2 Å². The fraction of sp³-hybridized carbons (Fsp3) is 0.103. The number of aromatic nitrogens is 2. The van der Waals surface area contributed by atoms with Crippen molar-refractivity contribution < 1.29 is 14.3 Å². The number of nitrogens with zero attached hydrogens (tertiary/aromatic N) is 1. The summed E-state index contributed by atoms with van der Waals surface area (Å²) in [4.78, 5) is 20.4. The molecule has 5 rings (SSSR count). The van der Waals surface area contributed by atoms with Crippen molar-refractivity contribution in [1.29, 1.82) is 0 Å². The maximum Gasteiger partial charge on any atom is 0.251 e. The van der Waals surface area contributed by atoms with Gasteiger partial charge in [-0.1, -0.05) is 30.3 Å². The van der Waals surface area contributed by atoms with E-state index < -0.39 is 0 Å². The molecule has 2 N–H and O–H groups in total. The van der Waals surface area contributed by atoms with Crippen molar-refractivity contribution in [3.8, 4) is 17.2 Å². The second kappa shape index (κ2) is 10.1. The summed E-state index contributed by atoms with van der Waals surface area (Å²) in [6.07, 6.45) is 5.36. The molecule has 0 aliphatic rings. The Hall–Kier alpha value is -4.58. The number of methoxy groups -OCH3 is 1. The summed E-state index contributed by atoms with van der Waals surface area (Å²) in [5.41, 5.74) is 3.86. The molecule has 0 radical (unpaired) electrons. The molecular formula is C29H25N3O3. The lowest BCUT2D eigenvalue weighted by atomic mass is 9.90. The average molecular weight is 464 g/mol. The standard InChI is InChI=1S/C29H25N3O3/c1-34-22-12-8-20(9-13-22)26(27-19-31-28-7-3-2-6-25(27)28)18-32-29(33)21-10-14-23(15-11-21)35-24-5-4-16-30-17-24/h2-17,19,26,31H,18H2,1H3,(H,32,33). The van der Waals surface area contributed by atoms with Crippen LogP contribution in [0.25, 0.3) is 10.9 Å². The second-order valence-corrected chi connectivity index (χ2v) is 8.14. The predicted octanol–water partition coefficient (Wildman–Crippen LogP) is 5.93. The number of H-pyrrole nitrogens is 1. The Balaban J connectivity index is 1.34. The summed E-state index contributed by atoms with van der Waals surface area (Å²) in [7, 11) is 1.65. The molecule has 1 amide bonds. The normalized spacial score (nSPS) is 11.7. The van der Waals surface area contributed by atoms with Gasteiger partial charge in [0.05, 0.1) is 13.3 Å². The molecule has 5 aromatic rings. The zero-order valence-electron chi connectivity index (χ0n) is 19.3. The van der Waals surface area contributed by atoms with Crippen LogP contribution in [0, 0.1) is 0 Å². The Labute approximate surface area is 203 Å². The van der Waals surface area contributed by atoms with E-state index in [-0.39, 0.29) is 11.8 Å². The van der Waals surface area contributed by atoms with E-state index >= 15 is 0 Å². The summed E-state index contributed by atoms with van der Waals surface area (Å²) in [5, 5.41) is 4.25. The third-order valence-electron chi connectivity index (χ3n) is 5.97. The Morgan fingerprint density at radius 3 is 2.43 bits per heavy atom. The number of hydrogen-bond acceptors (Lipinski definition) is 4. The smallest absolute Gasteiger partial charge is 0.251 e. The van der Waals surface area contributed by atoms with E-state index in [9.17, 15) is 4.79 Å². The van der Waals surface area contributed by atoms with E-state index in [0.29, 0.717) is 23.6 Å². The van der Waals surface area contributed by atoms with Gasteiger partial charge in [-0.25, -0.2) is 0 Å². The first-order valence-corrected chi connectivity index (χ1v) is 11.4. The van der Waals surface area contributed by atoms with Crippen molar-refractivity contribution in [3.63, 3.8) is 0 Å². The Morgan fingerprint density at radius 2 is 1.69 bits per heavy atom. The highest BCUT2D eigenvalue weighted by Crippen LogP contribution is 2.31. The highest BCUT2D eigenvalue weighted by molar-refractivity contribution is 5.94. The molecular weight excluding hydrogens is 438 g/mol. The van der Waals surface area contributed by atoms with E-state index in [4.69, 9.17) is 9.47 Å². The molecule has 2 aromatic heterocycles. The highest BCUT2D eigenvalue weighted by Gasteiger charge is 2.20. The Bertz CT molecular complexity index is 1410. The van der Waals surface area contributed by atoms with Crippen LogP contribution in [-0.4, -0.2) is 29.5 Å². The molecule has 0 aliphatic heterocycles. The Kier molecular flexibility index (Phi) is 6.44. The number of carbonyl (C=O) groups excluding carboxylic acids is 1. The first-order valence-electron chi connectivity index (χ1n) is 11.4. The number of pyridine rings is 1. The van der Waals surface area contributed by atoms with Gasteiger partial charge in [-0.3, -0.25) is 9.78 Å². The fourth-order valence-electron chi connectivity index (χ4n) is 4.14. The number of amides is 1. The molecule has 0 saturated heterocycles. The van der Waals surface area contributed by atoms with Gasteiger partial charge in [-0.05, 0) is 65.7 Å². The monoisotopic (exact) mass is 463 g/mol. The predicted molar refractivity (Wildman–Crippen MR) is 136 cm³/mol. The van der Waals surface area contributed by atoms with Gasteiger partial charge in [0, 0.05) is 41.3 Å². The largest absolute Gasteiger partial charge is 0.497 e. The molecule has 3 aromatic carbocycles. The molecule has 35 heavy (non-hydrogen) atoms. The lowest BCUT2D eigenvalue weighted by Gasteiger charge is -2.19. The number of aromatic amines is 1. The van der Waals surface area contributed by atoms with Crippen LogP contribution in [0.1, 0.15) is 27.4 Å². The van der Waals surface area contributed by atoms with Crippen molar-refractivity contribution >= 4 is 16.8 Å². The first kappa shape index (κ1) is 22.2. The lowest BCUT2D eigenvalue weighted by Crippen LogP contribution is -2.28. The van der Waals surface area contributed by atoms with E-state index in [1.807, 2.05) is 54.7 Å². The maximum atomic E-state index is 13.0. The van der Waals surface area contributed by atoms with Crippen molar-refractivity contribution in [1.82, 2.24) is 15.3 Å². The summed E-state index contributed by atoms with van der Waals surface area (Å²) in [6.45, 7) is 0.445. The summed E-state index contributed by atoms with van der Waals surface area (Å²) < 4.78 is 11.1. The SMILES string of the molecule is COc1ccc(C(CNC(=O)c2ccc(Oc3cccnc3)cc2)c2c[nH]c3ccccc23)cc1. The molecule has 0 fully saturated rings. The van der Waals surface area contributed by atoms with Crippen molar-refractivity contribution in [2.75, 3.05) is 13.7 Å². The van der Waals surface area contributed by atoms with Gasteiger partial charge in [0.15, 0.2) is 0 Å². The number of nitrogens with one attached hydrogen (secondary N) is 2. The van der Waals surface area contributed by atoms with Gasteiger partial charge in [-0.2, -0.15) is 0 Å². The van der Waals surface area contributed by atoms with Gasteiger partial charge in [0.2, 0.25) is 0 Å². The fourth-order valence-corrected chi connectivity index (χ4v) is 4.14. The third-order valence-corrected chi connectivity index (χ3v) is 5.97. The van der Waals surface area contributed by atoms with Crippen LogP contribution in [0.3, 0.4) is 0 Å². The lowest BCUT2D eigenvalue weighted by molar-refractivity contribution is 0.0952. The molecule has 6 nitrogen and oxygen atoms in total. The van der Waals surface area contributed by atoms with E-state index in [0.717, 1.165) is 27.8 Å². The minimum absolute atomic E-state index is 0.0332. The number of fused-ring (bicyclic) bond motifs is 1. The molecule has 1 atom stereocenters. The van der Waals surface area contributed by atoms with Crippen LogP contribution >= 0.6 is 0 Å². The molecule has 6 heteroatoms. The molecule has 0 bridgehead atoms. The van der Waals surface area contributed by atoms with E-state index in [1.54, 1.807) is 43.8 Å². The quantitative estimate of drug-likeness (QED) is 0.299. The molecule has 1 unspecified atom stereocenters. The van der Waals surface area contributed by atoms with E-state index in [2.05, 4.69) is 27.4 Å². The minimum Gasteiger partial charge on any atom is -0.497 e. The van der Waals surface area contributed by atoms with Crippen LogP contribution in [-0.2, 0) is 0 Å². The zero-order chi connectivity index (χ0) is 24.0. The van der Waals surface area contributed by atoms with Crippen molar-refractivity contribution in [2.24, 2.45) is 0 Å². The van der Waals surface area contributed by atoms with Gasteiger partial charge in [0.1, 0.15) is 17.2 Å². The summed E-state index contributed by atoms with van der Waals surface area (Å²) in [5.74, 6) is 1.91. The van der Waals surface area contributed by atoms with Gasteiger partial charge in [0.25, 0.3) is 5.91 Å². The maximum absolute atomic E-state index is 13.0. The number of rotatable bonds is 8. The van der Waals surface area contributed by atoms with E-state index in [1.165, 1.54) is 0 Å². The van der Waals surface area contributed by atoms with Crippen LogP contribution in [0.4, 0.5) is 0 Å². The topological polar surface area (TPSA) is 76.2 Å². The number of para-hydroxylation sites is 1. The number of ether oxygens (including phenoxy) is 2. The summed E-state index contributed by atoms with van der Waals surface area (Å²) in [6, 6.07) is 26.9. The zero-order valence-corrected chi connectivity index (χ0v) is 19.3. The molecule has 0 aliphatic carbocycles. The van der Waals surface area contributed by atoms with Crippen LogP contribution in [0.15, 0.2) is 104 Å². The minimum atomic E-state index is -0.142. The number of benzene rings is 3. The van der Waals surface area contributed by atoms with Gasteiger partial charge in [-0.15, -0.1) is 0 Å². The molecule has 0 saturated carbocycles. The second-order valence-electron chi connectivity index (χ2n) is 8.14. The molecule has 0 spiro atoms. The third kappa shape index (κ3) is 5.01. The molecule has 2 heterocycles. The highest BCUT2D eigenvalue weighted by atomic mass is 16.5.